The largest absolute Gasteiger partial charge is 0.394 e. The molecule has 0 aromatic rings. The van der Waals surface area contributed by atoms with Crippen LogP contribution in [0.1, 0.15) is 13.3 Å². The molecule has 0 radical (unpaired) electrons. The summed E-state index contributed by atoms with van der Waals surface area (Å²) < 4.78 is 16.4. The van der Waals surface area contributed by atoms with Gasteiger partial charge in [-0.2, -0.15) is 0 Å². The summed E-state index contributed by atoms with van der Waals surface area (Å²) in [7, 11) is 0. The van der Waals surface area contributed by atoms with Crippen molar-refractivity contribution in [3.05, 3.63) is 12.2 Å². The highest BCUT2D eigenvalue weighted by atomic mass is 16.8. The Bertz CT molecular complexity index is 515. The van der Waals surface area contributed by atoms with Gasteiger partial charge < -0.3 is 55.1 Å². The van der Waals surface area contributed by atoms with Crippen LogP contribution in [0.15, 0.2) is 12.2 Å². The lowest BCUT2D eigenvalue weighted by molar-refractivity contribution is -0.416. The summed E-state index contributed by atoms with van der Waals surface area (Å²) in [6.07, 6.45) is -8.29. The first-order valence-corrected chi connectivity index (χ1v) is 8.68. The maximum absolute atomic E-state index is 10.5. The minimum absolute atomic E-state index is 0.445. The molecule has 11 heteroatoms. The number of ether oxygens (including phenoxy) is 3. The molecular formula is C16H28O11. The zero-order valence-corrected chi connectivity index (χ0v) is 14.8. The third kappa shape index (κ3) is 3.91. The van der Waals surface area contributed by atoms with Crippen molar-refractivity contribution in [1.29, 1.82) is 0 Å². The molecule has 11 nitrogen and oxygen atoms in total. The van der Waals surface area contributed by atoms with Crippen LogP contribution in [0.2, 0.25) is 0 Å². The molecule has 0 aromatic heterocycles. The topological polar surface area (TPSA) is 190 Å². The van der Waals surface area contributed by atoms with Gasteiger partial charge in [-0.25, -0.2) is 0 Å². The van der Waals surface area contributed by atoms with Crippen LogP contribution in [-0.4, -0.2) is 115 Å². The van der Waals surface area contributed by atoms with Crippen molar-refractivity contribution in [2.24, 2.45) is 0 Å². The Morgan fingerprint density at radius 3 is 1.93 bits per heavy atom. The molecular weight excluding hydrogens is 368 g/mol. The summed E-state index contributed by atoms with van der Waals surface area (Å²) in [6, 6.07) is 0. The molecule has 158 valence electrons. The Morgan fingerprint density at radius 2 is 1.44 bits per heavy atom. The van der Waals surface area contributed by atoms with Crippen molar-refractivity contribution in [2.75, 3.05) is 19.8 Å². The van der Waals surface area contributed by atoms with Crippen LogP contribution in [0.4, 0.5) is 0 Å². The smallest absolute Gasteiger partial charge is 0.224 e. The Balaban J connectivity index is 2.45. The molecule has 2 saturated heterocycles. The van der Waals surface area contributed by atoms with E-state index in [0.29, 0.717) is 6.42 Å². The second-order valence-electron chi connectivity index (χ2n) is 6.64. The first kappa shape index (κ1) is 22.6. The molecule has 1 unspecified atom stereocenters. The fourth-order valence-electron chi connectivity index (χ4n) is 3.23. The van der Waals surface area contributed by atoms with E-state index in [-0.39, 0.29) is 0 Å². The van der Waals surface area contributed by atoms with Gasteiger partial charge in [0.15, 0.2) is 0 Å². The van der Waals surface area contributed by atoms with Gasteiger partial charge in [-0.3, -0.25) is 0 Å². The predicted molar refractivity (Wildman–Crippen MR) is 87.0 cm³/mol. The van der Waals surface area contributed by atoms with Gasteiger partial charge in [0, 0.05) is 0 Å². The van der Waals surface area contributed by atoms with E-state index in [9.17, 15) is 40.9 Å². The molecule has 2 aliphatic heterocycles. The molecule has 2 heterocycles. The zero-order chi connectivity index (χ0) is 20.4. The van der Waals surface area contributed by atoms with Gasteiger partial charge in [0.2, 0.25) is 11.6 Å². The highest BCUT2D eigenvalue weighted by molar-refractivity contribution is 5.10. The molecule has 9 atom stereocenters. The summed E-state index contributed by atoms with van der Waals surface area (Å²) in [5.41, 5.74) is 0. The Kier molecular flexibility index (Phi) is 7.33. The summed E-state index contributed by atoms with van der Waals surface area (Å²) in [4.78, 5) is 0. The van der Waals surface area contributed by atoms with E-state index in [1.807, 2.05) is 0 Å². The maximum atomic E-state index is 10.5. The monoisotopic (exact) mass is 396 g/mol. The fraction of sp³-hybridized carbons (Fsp3) is 0.875. The highest BCUT2D eigenvalue weighted by Gasteiger charge is 2.62. The number of rotatable bonds is 7. The molecule has 0 bridgehead atoms. The summed E-state index contributed by atoms with van der Waals surface area (Å²) >= 11 is 0. The number of aliphatic hydroxyl groups excluding tert-OH is 8. The third-order valence-corrected chi connectivity index (χ3v) is 4.81. The molecule has 0 aromatic carbocycles. The summed E-state index contributed by atoms with van der Waals surface area (Å²) in [6.45, 7) is -0.664. The molecule has 2 fully saturated rings. The normalized spacial score (nSPS) is 48.4. The quantitative estimate of drug-likeness (QED) is 0.195. The second kappa shape index (κ2) is 8.76. The van der Waals surface area contributed by atoms with Crippen molar-refractivity contribution in [2.45, 2.75) is 67.6 Å². The molecule has 0 aliphatic carbocycles. The van der Waals surface area contributed by atoms with Crippen molar-refractivity contribution >= 4 is 0 Å². The number of aliphatic hydroxyl groups is 8. The first-order valence-electron chi connectivity index (χ1n) is 8.68. The molecule has 2 rings (SSSR count). The Hall–Kier alpha value is -0.700. The minimum atomic E-state index is -2.31. The lowest BCUT2D eigenvalue weighted by Crippen LogP contribution is -2.68. The number of allylic oxidation sites excluding steroid dienone is 1. The van der Waals surface area contributed by atoms with Gasteiger partial charge in [0.05, 0.1) is 13.2 Å². The zero-order valence-electron chi connectivity index (χ0n) is 14.8. The van der Waals surface area contributed by atoms with Gasteiger partial charge in [-0.05, 0) is 12.5 Å². The van der Waals surface area contributed by atoms with E-state index < -0.39 is 74.1 Å². The SMILES string of the molecule is CC/C=C/[C@@]1(OC2(CO)O[C@H](CO)[C@@H](O)[C@@H]2O)O[C@H](CO)[C@@H](O)[C@H](O)[C@H]1O. The molecule has 27 heavy (non-hydrogen) atoms. The van der Waals surface area contributed by atoms with Crippen LogP contribution in [-0.2, 0) is 14.2 Å². The van der Waals surface area contributed by atoms with E-state index in [1.54, 1.807) is 6.92 Å². The first-order chi connectivity index (χ1) is 12.7. The highest BCUT2D eigenvalue weighted by Crippen LogP contribution is 2.41. The lowest BCUT2D eigenvalue weighted by atomic mass is 9.91. The van der Waals surface area contributed by atoms with Crippen LogP contribution in [0, 0.1) is 0 Å². The third-order valence-electron chi connectivity index (χ3n) is 4.81. The van der Waals surface area contributed by atoms with Gasteiger partial charge >= 0.3 is 0 Å². The number of hydrogen-bond donors (Lipinski definition) is 8. The van der Waals surface area contributed by atoms with Crippen LogP contribution >= 0.6 is 0 Å². The molecule has 0 amide bonds. The van der Waals surface area contributed by atoms with Crippen LogP contribution in [0.3, 0.4) is 0 Å². The van der Waals surface area contributed by atoms with Crippen molar-refractivity contribution in [3.8, 4) is 0 Å². The van der Waals surface area contributed by atoms with Crippen molar-refractivity contribution < 1.29 is 55.1 Å². The van der Waals surface area contributed by atoms with Gasteiger partial charge in [-0.1, -0.05) is 13.0 Å². The summed E-state index contributed by atoms with van der Waals surface area (Å²) in [5.74, 6) is -4.55. The van der Waals surface area contributed by atoms with Crippen LogP contribution < -0.4 is 0 Å². The van der Waals surface area contributed by atoms with Gasteiger partial charge in [0.25, 0.3) is 0 Å². The van der Waals surface area contributed by atoms with E-state index in [1.165, 1.54) is 12.2 Å². The molecule has 0 saturated carbocycles. The Morgan fingerprint density at radius 1 is 0.852 bits per heavy atom. The minimum Gasteiger partial charge on any atom is -0.394 e. The van der Waals surface area contributed by atoms with Crippen LogP contribution in [0.25, 0.3) is 0 Å². The van der Waals surface area contributed by atoms with Crippen molar-refractivity contribution in [1.82, 2.24) is 0 Å². The van der Waals surface area contributed by atoms with Crippen LogP contribution in [0.5, 0.6) is 0 Å². The average molecular weight is 396 g/mol. The van der Waals surface area contributed by atoms with Gasteiger partial charge in [0.1, 0.15) is 49.3 Å². The van der Waals surface area contributed by atoms with E-state index in [2.05, 4.69) is 0 Å². The average Bonchev–Trinajstić information content (AvgIpc) is 2.92. The number of hydrogen-bond acceptors (Lipinski definition) is 11. The Labute approximate surface area is 155 Å². The summed E-state index contributed by atoms with van der Waals surface area (Å²) in [5, 5.41) is 79.4. The second-order valence-corrected chi connectivity index (χ2v) is 6.64. The van der Waals surface area contributed by atoms with E-state index >= 15 is 0 Å². The van der Waals surface area contributed by atoms with Gasteiger partial charge in [-0.15, -0.1) is 0 Å². The maximum Gasteiger partial charge on any atom is 0.224 e. The van der Waals surface area contributed by atoms with E-state index in [4.69, 9.17) is 14.2 Å². The lowest BCUT2D eigenvalue weighted by Gasteiger charge is -2.49. The predicted octanol–water partition coefficient (Wildman–Crippen LogP) is -4.06. The standard InChI is InChI=1S/C16H28O11/c1-2-3-4-15(14(24)12(22)10(20)8(5-17)25-15)27-16(7-19)13(23)11(21)9(6-18)26-16/h3-4,8-14,17-24H,2,5-7H2,1H3/b4-3+/t8-,9-,10-,11-,12+,13+,14-,15+,16?/m1/s1. The van der Waals surface area contributed by atoms with E-state index in [0.717, 1.165) is 0 Å². The molecule has 2 aliphatic rings. The fourth-order valence-corrected chi connectivity index (χ4v) is 3.23. The molecule has 0 spiro atoms. The van der Waals surface area contributed by atoms with Crippen molar-refractivity contribution in [3.63, 3.8) is 0 Å². The molecule has 8 N–H and O–H groups in total.